The predicted molar refractivity (Wildman–Crippen MR) is 180 cm³/mol. The third-order valence-corrected chi connectivity index (χ3v) is 8.84. The molecule has 268 valence electrons. The normalized spacial score (nSPS) is 30.3. The third-order valence-electron chi connectivity index (χ3n) is 8.84. The molecule has 3 aromatic carbocycles. The fourth-order valence-corrected chi connectivity index (χ4v) is 6.37. The van der Waals surface area contributed by atoms with Crippen LogP contribution in [0.5, 0.6) is 0 Å². The van der Waals surface area contributed by atoms with Gasteiger partial charge in [0.05, 0.1) is 33.0 Å². The van der Waals surface area contributed by atoms with Crippen LogP contribution in [-0.2, 0) is 71.9 Å². The molecular formula is C38H50O11. The van der Waals surface area contributed by atoms with Gasteiger partial charge in [0.1, 0.15) is 48.8 Å². The molecule has 0 N–H and O–H groups in total. The Morgan fingerprint density at radius 3 is 1.33 bits per heavy atom. The van der Waals surface area contributed by atoms with Crippen molar-refractivity contribution in [2.24, 2.45) is 0 Å². The highest BCUT2D eigenvalue weighted by Crippen LogP contribution is 2.33. The SMILES string of the molecule is COC[C@H]1O[C@H](OC[C@H]2O[C@H](OC)[C@H](OCc3ccccc3)[C@@H](OCc3ccccc3)[C@@H]2OCc2ccccc2)[C@H](OC)[C@@H](OC)[C@H]1OC. The van der Waals surface area contributed by atoms with Gasteiger partial charge in [-0.05, 0) is 16.7 Å². The van der Waals surface area contributed by atoms with Crippen molar-refractivity contribution in [3.8, 4) is 0 Å². The summed E-state index contributed by atoms with van der Waals surface area (Å²) in [5.41, 5.74) is 3.03. The summed E-state index contributed by atoms with van der Waals surface area (Å²) >= 11 is 0. The van der Waals surface area contributed by atoms with Crippen LogP contribution in [0.15, 0.2) is 91.0 Å². The topological polar surface area (TPSA) is 102 Å². The lowest BCUT2D eigenvalue weighted by atomic mass is 9.97. The van der Waals surface area contributed by atoms with Gasteiger partial charge in [0.15, 0.2) is 12.6 Å². The van der Waals surface area contributed by atoms with Gasteiger partial charge in [-0.1, -0.05) is 91.0 Å². The van der Waals surface area contributed by atoms with E-state index in [0.29, 0.717) is 19.8 Å². The molecule has 0 amide bonds. The summed E-state index contributed by atoms with van der Waals surface area (Å²) in [6.07, 6.45) is -6.07. The maximum absolute atomic E-state index is 6.71. The van der Waals surface area contributed by atoms with Crippen LogP contribution >= 0.6 is 0 Å². The Morgan fingerprint density at radius 2 is 0.857 bits per heavy atom. The highest BCUT2D eigenvalue weighted by Gasteiger charge is 2.51. The van der Waals surface area contributed by atoms with E-state index in [2.05, 4.69) is 0 Å². The molecule has 10 atom stereocenters. The maximum atomic E-state index is 6.71. The molecule has 0 unspecified atom stereocenters. The van der Waals surface area contributed by atoms with Crippen molar-refractivity contribution in [2.45, 2.75) is 81.2 Å². The quantitative estimate of drug-likeness (QED) is 0.189. The predicted octanol–water partition coefficient (Wildman–Crippen LogP) is 4.55. The summed E-state index contributed by atoms with van der Waals surface area (Å²) in [7, 11) is 8.01. The molecule has 2 aliphatic heterocycles. The summed E-state index contributed by atoms with van der Waals surface area (Å²) in [6.45, 7) is 1.32. The summed E-state index contributed by atoms with van der Waals surface area (Å²) in [5, 5.41) is 0. The Hall–Kier alpha value is -2.78. The molecule has 49 heavy (non-hydrogen) atoms. The molecule has 0 aromatic heterocycles. The minimum absolute atomic E-state index is 0.0637. The summed E-state index contributed by atoms with van der Waals surface area (Å²) < 4.78 is 68.1. The van der Waals surface area contributed by atoms with E-state index >= 15 is 0 Å². The summed E-state index contributed by atoms with van der Waals surface area (Å²) in [6, 6.07) is 29.9. The number of hydrogen-bond donors (Lipinski definition) is 0. The molecule has 0 radical (unpaired) electrons. The smallest absolute Gasteiger partial charge is 0.187 e. The van der Waals surface area contributed by atoms with Gasteiger partial charge in [-0.25, -0.2) is 0 Å². The summed E-state index contributed by atoms with van der Waals surface area (Å²) in [4.78, 5) is 0. The molecule has 2 aliphatic rings. The molecule has 5 rings (SSSR count). The molecular weight excluding hydrogens is 632 g/mol. The highest BCUT2D eigenvalue weighted by molar-refractivity contribution is 5.16. The van der Waals surface area contributed by atoms with Crippen molar-refractivity contribution in [3.63, 3.8) is 0 Å². The fraction of sp³-hybridized carbons (Fsp3) is 0.526. The Balaban J connectivity index is 1.42. The maximum Gasteiger partial charge on any atom is 0.187 e. The third kappa shape index (κ3) is 9.93. The van der Waals surface area contributed by atoms with E-state index in [0.717, 1.165) is 16.7 Å². The molecule has 2 heterocycles. The second-order valence-electron chi connectivity index (χ2n) is 12.0. The molecule has 11 nitrogen and oxygen atoms in total. The van der Waals surface area contributed by atoms with E-state index in [1.807, 2.05) is 91.0 Å². The Bertz CT molecular complexity index is 1320. The zero-order chi connectivity index (χ0) is 34.4. The van der Waals surface area contributed by atoms with Crippen molar-refractivity contribution >= 4 is 0 Å². The number of hydrogen-bond acceptors (Lipinski definition) is 11. The van der Waals surface area contributed by atoms with Gasteiger partial charge in [-0.3, -0.25) is 0 Å². The first kappa shape index (κ1) is 37.5. The minimum Gasteiger partial charge on any atom is -0.382 e. The van der Waals surface area contributed by atoms with Crippen molar-refractivity contribution in [3.05, 3.63) is 108 Å². The van der Waals surface area contributed by atoms with Crippen LogP contribution in [0.25, 0.3) is 0 Å². The molecule has 11 heteroatoms. The summed E-state index contributed by atoms with van der Waals surface area (Å²) in [5.74, 6) is 0. The fourth-order valence-electron chi connectivity index (χ4n) is 6.37. The molecule has 0 aliphatic carbocycles. The van der Waals surface area contributed by atoms with Crippen LogP contribution in [0.1, 0.15) is 16.7 Å². The zero-order valence-corrected chi connectivity index (χ0v) is 29.0. The first-order chi connectivity index (χ1) is 24.1. The van der Waals surface area contributed by atoms with Crippen molar-refractivity contribution < 1.29 is 52.1 Å². The number of methoxy groups -OCH3 is 5. The van der Waals surface area contributed by atoms with Gasteiger partial charge >= 0.3 is 0 Å². The Kier molecular flexibility index (Phi) is 15.0. The van der Waals surface area contributed by atoms with E-state index in [1.54, 1.807) is 35.5 Å². The Labute approximate surface area is 289 Å². The van der Waals surface area contributed by atoms with Gasteiger partial charge in [-0.15, -0.1) is 0 Å². The van der Waals surface area contributed by atoms with Crippen LogP contribution < -0.4 is 0 Å². The van der Waals surface area contributed by atoms with E-state index in [-0.39, 0.29) is 13.2 Å². The van der Waals surface area contributed by atoms with Crippen LogP contribution in [0.4, 0.5) is 0 Å². The van der Waals surface area contributed by atoms with E-state index < -0.39 is 61.4 Å². The van der Waals surface area contributed by atoms with E-state index in [9.17, 15) is 0 Å². The van der Waals surface area contributed by atoms with Gasteiger partial charge in [0.2, 0.25) is 0 Å². The zero-order valence-electron chi connectivity index (χ0n) is 29.0. The van der Waals surface area contributed by atoms with Gasteiger partial charge < -0.3 is 52.1 Å². The van der Waals surface area contributed by atoms with Crippen LogP contribution in [0.2, 0.25) is 0 Å². The highest BCUT2D eigenvalue weighted by atomic mass is 16.7. The lowest BCUT2D eigenvalue weighted by Gasteiger charge is -2.47. The molecule has 2 fully saturated rings. The molecule has 0 spiro atoms. The van der Waals surface area contributed by atoms with Gasteiger partial charge in [0, 0.05) is 35.5 Å². The molecule has 3 aromatic rings. The average molecular weight is 683 g/mol. The number of rotatable bonds is 18. The lowest BCUT2D eigenvalue weighted by molar-refractivity contribution is -0.345. The average Bonchev–Trinajstić information content (AvgIpc) is 3.15. The van der Waals surface area contributed by atoms with Crippen LogP contribution in [-0.4, -0.2) is 110 Å². The monoisotopic (exact) mass is 682 g/mol. The largest absolute Gasteiger partial charge is 0.382 e. The standard InChI is InChI=1S/C38H50O11/c1-39-24-29-31(40-2)33(41-3)35(42-4)38(49-29)47-25-30-32(44-21-26-15-9-6-10-16-26)34(45-22-27-17-11-7-12-18-27)36(37(43-5)48-30)46-23-28-19-13-8-14-20-28/h6-20,29-38H,21-25H2,1-5H3/t29-,30-,31+,32-,33+,34+,35-,36-,37+,38+/m1/s1. The van der Waals surface area contributed by atoms with Gasteiger partial charge in [-0.2, -0.15) is 0 Å². The van der Waals surface area contributed by atoms with E-state index in [1.165, 1.54) is 0 Å². The number of benzene rings is 3. The second kappa shape index (κ2) is 19.6. The molecule has 0 saturated carbocycles. The minimum atomic E-state index is -0.823. The van der Waals surface area contributed by atoms with Gasteiger partial charge in [0.25, 0.3) is 0 Å². The van der Waals surface area contributed by atoms with E-state index in [4.69, 9.17) is 52.1 Å². The lowest BCUT2D eigenvalue weighted by Crippen LogP contribution is -2.63. The van der Waals surface area contributed by atoms with Crippen molar-refractivity contribution in [1.82, 2.24) is 0 Å². The van der Waals surface area contributed by atoms with Crippen LogP contribution in [0, 0.1) is 0 Å². The first-order valence-corrected chi connectivity index (χ1v) is 16.6. The second-order valence-corrected chi connectivity index (χ2v) is 12.0. The molecule has 0 bridgehead atoms. The number of ether oxygens (including phenoxy) is 11. The van der Waals surface area contributed by atoms with Crippen LogP contribution in [0.3, 0.4) is 0 Å². The first-order valence-electron chi connectivity index (χ1n) is 16.6. The molecule has 2 saturated heterocycles. The van der Waals surface area contributed by atoms with Crippen molar-refractivity contribution in [1.29, 1.82) is 0 Å². The Morgan fingerprint density at radius 1 is 0.408 bits per heavy atom. The van der Waals surface area contributed by atoms with Crippen molar-refractivity contribution in [2.75, 3.05) is 48.8 Å².